The summed E-state index contributed by atoms with van der Waals surface area (Å²) in [5, 5.41) is 9.55. The second-order valence-electron chi connectivity index (χ2n) is 7.53. The molecule has 1 aliphatic heterocycles. The summed E-state index contributed by atoms with van der Waals surface area (Å²) in [5.74, 6) is 0.774. The van der Waals surface area contributed by atoms with Crippen LogP contribution in [0, 0.1) is 5.41 Å². The number of fused-ring (bicyclic) bond motifs is 1. The highest BCUT2D eigenvalue weighted by Gasteiger charge is 2.47. The molecule has 0 unspecified atom stereocenters. The molecule has 5 nitrogen and oxygen atoms in total. The summed E-state index contributed by atoms with van der Waals surface area (Å²) in [5.41, 5.74) is 3.67. The molecule has 2 aromatic rings. The largest absolute Gasteiger partial charge is 0.496 e. The molecule has 0 radical (unpaired) electrons. The zero-order chi connectivity index (χ0) is 19.0. The molecule has 1 N–H and O–H groups in total. The van der Waals surface area contributed by atoms with E-state index in [1.54, 1.807) is 7.11 Å². The minimum absolute atomic E-state index is 0.131. The molecule has 1 aliphatic carbocycles. The number of carboxylic acid groups (broad SMARTS) is 1. The Kier molecular flexibility index (Phi) is 4.74. The van der Waals surface area contributed by atoms with Gasteiger partial charge in [0.25, 0.3) is 0 Å². The molecule has 4 rings (SSSR count). The molecule has 2 aromatic carbocycles. The fourth-order valence-corrected chi connectivity index (χ4v) is 4.57. The minimum atomic E-state index is -0.758. The van der Waals surface area contributed by atoms with Crippen LogP contribution in [0.1, 0.15) is 16.7 Å². The van der Waals surface area contributed by atoms with E-state index >= 15 is 0 Å². The van der Waals surface area contributed by atoms with Gasteiger partial charge >= 0.3 is 5.97 Å². The number of methoxy groups -OCH3 is 1. The second-order valence-corrected chi connectivity index (χ2v) is 7.94. The average Bonchev–Trinajstić information content (AvgIpc) is 2.98. The van der Waals surface area contributed by atoms with E-state index < -0.39 is 5.97 Å². The van der Waals surface area contributed by atoms with E-state index in [4.69, 9.17) is 26.2 Å². The predicted molar refractivity (Wildman–Crippen MR) is 103 cm³/mol. The Bertz CT molecular complexity index is 876. The molecule has 1 saturated heterocycles. The number of ether oxygens (including phenoxy) is 2. The van der Waals surface area contributed by atoms with Gasteiger partial charge in [0.1, 0.15) is 18.1 Å². The summed E-state index contributed by atoms with van der Waals surface area (Å²) in [4.78, 5) is 12.8. The lowest BCUT2D eigenvalue weighted by Gasteiger charge is -2.47. The van der Waals surface area contributed by atoms with E-state index in [1.165, 1.54) is 11.1 Å². The number of aliphatic carboxylic acids is 1. The Morgan fingerprint density at radius 3 is 2.74 bits per heavy atom. The van der Waals surface area contributed by atoms with Crippen molar-refractivity contribution in [3.05, 3.63) is 58.1 Å². The fraction of sp³-hybridized carbons (Fsp3) is 0.381. The average molecular weight is 388 g/mol. The van der Waals surface area contributed by atoms with Crippen molar-refractivity contribution in [1.29, 1.82) is 0 Å². The van der Waals surface area contributed by atoms with Crippen molar-refractivity contribution in [2.45, 2.75) is 19.4 Å². The molecule has 142 valence electrons. The molecular weight excluding hydrogens is 366 g/mol. The lowest BCUT2D eigenvalue weighted by Crippen LogP contribution is -2.58. The summed E-state index contributed by atoms with van der Waals surface area (Å²) in [6.07, 6.45) is 1.99. The SMILES string of the molecule is COc1cccc(Cl)c1COc1ccc2c(c1)CC1(C2)CN(CC(=O)O)C1. The van der Waals surface area contributed by atoms with Gasteiger partial charge in [-0.2, -0.15) is 0 Å². The van der Waals surface area contributed by atoms with Crippen molar-refractivity contribution in [3.8, 4) is 11.5 Å². The topological polar surface area (TPSA) is 59.0 Å². The van der Waals surface area contributed by atoms with Crippen molar-refractivity contribution >= 4 is 17.6 Å². The number of likely N-dealkylation sites (tertiary alicyclic amines) is 1. The highest BCUT2D eigenvalue weighted by molar-refractivity contribution is 6.31. The normalized spacial score (nSPS) is 17.4. The smallest absolute Gasteiger partial charge is 0.317 e. The Morgan fingerprint density at radius 1 is 1.22 bits per heavy atom. The monoisotopic (exact) mass is 387 g/mol. The predicted octanol–water partition coefficient (Wildman–Crippen LogP) is 3.41. The summed E-state index contributed by atoms with van der Waals surface area (Å²) in [6, 6.07) is 11.8. The Morgan fingerprint density at radius 2 is 2.00 bits per heavy atom. The summed E-state index contributed by atoms with van der Waals surface area (Å²) < 4.78 is 11.3. The first-order chi connectivity index (χ1) is 13.0. The highest BCUT2D eigenvalue weighted by Crippen LogP contribution is 2.44. The Balaban J connectivity index is 1.41. The maximum Gasteiger partial charge on any atom is 0.317 e. The first-order valence-corrected chi connectivity index (χ1v) is 9.36. The van der Waals surface area contributed by atoms with Gasteiger partial charge in [-0.1, -0.05) is 23.7 Å². The van der Waals surface area contributed by atoms with Crippen molar-refractivity contribution in [1.82, 2.24) is 4.90 Å². The number of benzene rings is 2. The van der Waals surface area contributed by atoms with Crippen LogP contribution in [-0.4, -0.2) is 42.7 Å². The third-order valence-corrected chi connectivity index (χ3v) is 5.82. The zero-order valence-corrected chi connectivity index (χ0v) is 16.0. The molecule has 1 fully saturated rings. The van der Waals surface area contributed by atoms with E-state index in [1.807, 2.05) is 29.2 Å². The van der Waals surface area contributed by atoms with Crippen molar-refractivity contribution in [2.75, 3.05) is 26.7 Å². The molecule has 2 aliphatic rings. The van der Waals surface area contributed by atoms with E-state index in [0.717, 1.165) is 43.0 Å². The molecule has 0 bridgehead atoms. The quantitative estimate of drug-likeness (QED) is 0.823. The van der Waals surface area contributed by atoms with Crippen LogP contribution in [0.5, 0.6) is 11.5 Å². The first kappa shape index (κ1) is 18.1. The third kappa shape index (κ3) is 3.62. The van der Waals surface area contributed by atoms with Crippen molar-refractivity contribution < 1.29 is 19.4 Å². The van der Waals surface area contributed by atoms with E-state index in [9.17, 15) is 4.79 Å². The minimum Gasteiger partial charge on any atom is -0.496 e. The van der Waals surface area contributed by atoms with Crippen LogP contribution < -0.4 is 9.47 Å². The van der Waals surface area contributed by atoms with Crippen molar-refractivity contribution in [3.63, 3.8) is 0 Å². The third-order valence-electron chi connectivity index (χ3n) is 5.46. The van der Waals surface area contributed by atoms with Gasteiger partial charge in [0.05, 0.1) is 18.7 Å². The Labute approximate surface area is 163 Å². The molecule has 27 heavy (non-hydrogen) atoms. The molecule has 0 aromatic heterocycles. The number of nitrogens with zero attached hydrogens (tertiary/aromatic N) is 1. The van der Waals surface area contributed by atoms with Crippen LogP contribution in [0.3, 0.4) is 0 Å². The van der Waals surface area contributed by atoms with E-state index in [0.29, 0.717) is 11.6 Å². The number of carboxylic acids is 1. The molecule has 0 amide bonds. The molecule has 1 heterocycles. The number of rotatable bonds is 6. The van der Waals surface area contributed by atoms with Gasteiger partial charge in [-0.3, -0.25) is 9.69 Å². The van der Waals surface area contributed by atoms with Gasteiger partial charge in [-0.15, -0.1) is 0 Å². The Hall–Kier alpha value is -2.24. The summed E-state index contributed by atoms with van der Waals surface area (Å²) >= 11 is 6.28. The summed E-state index contributed by atoms with van der Waals surface area (Å²) in [7, 11) is 1.62. The van der Waals surface area contributed by atoms with Crippen LogP contribution in [0.25, 0.3) is 0 Å². The standard InChI is InChI=1S/C21H22ClNO4/c1-26-19-4-2-3-18(22)17(19)11-27-16-6-5-14-8-21(9-15(14)7-16)12-23(13-21)10-20(24)25/h2-7H,8-13H2,1H3,(H,24,25). The van der Waals surface area contributed by atoms with Crippen LogP contribution in [0.4, 0.5) is 0 Å². The van der Waals surface area contributed by atoms with Gasteiger partial charge in [0.15, 0.2) is 0 Å². The molecule has 6 heteroatoms. The number of carbonyl (C=O) groups is 1. The van der Waals surface area contributed by atoms with Crippen molar-refractivity contribution in [2.24, 2.45) is 5.41 Å². The van der Waals surface area contributed by atoms with Crippen LogP contribution >= 0.6 is 11.6 Å². The van der Waals surface area contributed by atoms with Gasteiger partial charge < -0.3 is 14.6 Å². The maximum absolute atomic E-state index is 10.9. The molecule has 1 spiro atoms. The summed E-state index contributed by atoms with van der Waals surface area (Å²) in [6.45, 7) is 2.17. The lowest BCUT2D eigenvalue weighted by molar-refractivity contribution is -0.141. The fourth-order valence-electron chi connectivity index (χ4n) is 4.35. The van der Waals surface area contributed by atoms with Crippen LogP contribution in [0.15, 0.2) is 36.4 Å². The molecule has 0 saturated carbocycles. The number of halogens is 1. The zero-order valence-electron chi connectivity index (χ0n) is 15.2. The number of hydrogen-bond acceptors (Lipinski definition) is 4. The second kappa shape index (κ2) is 7.06. The van der Waals surface area contributed by atoms with Crippen LogP contribution in [-0.2, 0) is 24.2 Å². The molecule has 0 atom stereocenters. The van der Waals surface area contributed by atoms with Gasteiger partial charge in [-0.05, 0) is 48.2 Å². The highest BCUT2D eigenvalue weighted by atomic mass is 35.5. The lowest BCUT2D eigenvalue weighted by atomic mass is 9.77. The van der Waals surface area contributed by atoms with Gasteiger partial charge in [0, 0.05) is 24.1 Å². The van der Waals surface area contributed by atoms with E-state index in [2.05, 4.69) is 12.1 Å². The number of hydrogen-bond donors (Lipinski definition) is 1. The van der Waals surface area contributed by atoms with Crippen LogP contribution in [0.2, 0.25) is 5.02 Å². The van der Waals surface area contributed by atoms with Gasteiger partial charge in [0.2, 0.25) is 0 Å². The maximum atomic E-state index is 10.9. The first-order valence-electron chi connectivity index (χ1n) is 8.98. The van der Waals surface area contributed by atoms with Gasteiger partial charge in [-0.25, -0.2) is 0 Å². The molecular formula is C21H22ClNO4. The van der Waals surface area contributed by atoms with E-state index in [-0.39, 0.29) is 12.0 Å².